The molecule has 0 aliphatic rings. The maximum atomic E-state index is 13.3. The van der Waals surface area contributed by atoms with Crippen molar-refractivity contribution in [3.05, 3.63) is 41.5 Å². The summed E-state index contributed by atoms with van der Waals surface area (Å²) in [4.78, 5) is 4.36. The third-order valence-electron chi connectivity index (χ3n) is 2.52. The third-order valence-corrected chi connectivity index (χ3v) is 3.43. The first kappa shape index (κ1) is 9.42. The lowest BCUT2D eigenvalue weighted by atomic mass is 10.2. The van der Waals surface area contributed by atoms with E-state index in [2.05, 4.69) is 4.98 Å². The summed E-state index contributed by atoms with van der Waals surface area (Å²) < 4.78 is 13.3. The minimum absolute atomic E-state index is 0.173. The van der Waals surface area contributed by atoms with Gasteiger partial charge in [-0.1, -0.05) is 6.07 Å². The summed E-state index contributed by atoms with van der Waals surface area (Å²) in [5.41, 5.74) is 7.55. The molecule has 3 rings (SSSR count). The Balaban J connectivity index is 2.23. The van der Waals surface area contributed by atoms with Gasteiger partial charge in [-0.3, -0.25) is 0 Å². The van der Waals surface area contributed by atoms with Gasteiger partial charge in [-0.2, -0.15) is 0 Å². The average Bonchev–Trinajstić information content (AvgIpc) is 2.86. The molecule has 0 amide bonds. The molecule has 1 aromatic carbocycles. The van der Waals surface area contributed by atoms with Gasteiger partial charge >= 0.3 is 0 Å². The van der Waals surface area contributed by atoms with Gasteiger partial charge in [-0.15, -0.1) is 11.3 Å². The number of nitrogen functional groups attached to an aromatic ring is 1. The van der Waals surface area contributed by atoms with Crippen molar-refractivity contribution in [2.24, 2.45) is 0 Å². The molecule has 0 aliphatic heterocycles. The van der Waals surface area contributed by atoms with Crippen molar-refractivity contribution in [3.63, 3.8) is 0 Å². The minimum Gasteiger partial charge on any atom is -0.396 e. The van der Waals surface area contributed by atoms with Gasteiger partial charge in [0.15, 0.2) is 0 Å². The number of nitrogens with one attached hydrogen (secondary N) is 1. The number of anilines is 1. The van der Waals surface area contributed by atoms with Crippen LogP contribution in [0.5, 0.6) is 0 Å². The summed E-state index contributed by atoms with van der Waals surface area (Å²) in [7, 11) is 0. The van der Waals surface area contributed by atoms with Crippen LogP contribution in [0.2, 0.25) is 0 Å². The number of thiophene rings is 1. The summed E-state index contributed by atoms with van der Waals surface area (Å²) in [6.07, 6.45) is 0. The van der Waals surface area contributed by atoms with E-state index >= 15 is 0 Å². The van der Waals surface area contributed by atoms with E-state index in [1.807, 2.05) is 23.6 Å². The SMILES string of the molecule is Nc1cc2[nH]c(-c3cccs3)cc2cc1F. The summed E-state index contributed by atoms with van der Waals surface area (Å²) >= 11 is 1.64. The molecule has 0 saturated carbocycles. The van der Waals surface area contributed by atoms with Gasteiger partial charge in [-0.25, -0.2) is 4.39 Å². The molecule has 3 aromatic rings. The second-order valence-electron chi connectivity index (χ2n) is 3.62. The van der Waals surface area contributed by atoms with E-state index in [4.69, 9.17) is 5.73 Å². The molecule has 0 unspecified atom stereocenters. The first-order valence-electron chi connectivity index (χ1n) is 4.85. The number of hydrogen-bond donors (Lipinski definition) is 2. The van der Waals surface area contributed by atoms with E-state index < -0.39 is 0 Å². The number of fused-ring (bicyclic) bond motifs is 1. The monoisotopic (exact) mass is 232 g/mol. The van der Waals surface area contributed by atoms with Crippen molar-refractivity contribution in [2.45, 2.75) is 0 Å². The molecular weight excluding hydrogens is 223 g/mol. The second-order valence-corrected chi connectivity index (χ2v) is 4.57. The number of nitrogens with two attached hydrogens (primary N) is 1. The van der Waals surface area contributed by atoms with E-state index in [0.717, 1.165) is 21.5 Å². The fourth-order valence-electron chi connectivity index (χ4n) is 1.73. The molecule has 0 atom stereocenters. The van der Waals surface area contributed by atoms with Crippen molar-refractivity contribution in [1.82, 2.24) is 4.98 Å². The molecule has 0 radical (unpaired) electrons. The highest BCUT2D eigenvalue weighted by atomic mass is 32.1. The molecule has 0 fully saturated rings. The highest BCUT2D eigenvalue weighted by Gasteiger charge is 2.07. The topological polar surface area (TPSA) is 41.8 Å². The van der Waals surface area contributed by atoms with Gasteiger partial charge in [0.2, 0.25) is 0 Å². The summed E-state index contributed by atoms with van der Waals surface area (Å²) in [6, 6.07) is 9.03. The Labute approximate surface area is 95.5 Å². The van der Waals surface area contributed by atoms with Crippen molar-refractivity contribution < 1.29 is 4.39 Å². The van der Waals surface area contributed by atoms with Crippen molar-refractivity contribution in [2.75, 3.05) is 5.73 Å². The number of hydrogen-bond acceptors (Lipinski definition) is 2. The van der Waals surface area contributed by atoms with Gasteiger partial charge in [0.1, 0.15) is 5.82 Å². The summed E-state index contributed by atoms with van der Waals surface area (Å²) in [6.45, 7) is 0. The average molecular weight is 232 g/mol. The molecule has 4 heteroatoms. The van der Waals surface area contributed by atoms with E-state index in [9.17, 15) is 4.39 Å². The van der Waals surface area contributed by atoms with Crippen LogP contribution in [0.1, 0.15) is 0 Å². The molecule has 0 saturated heterocycles. The molecule has 3 N–H and O–H groups in total. The quantitative estimate of drug-likeness (QED) is 0.618. The Bertz CT molecular complexity index is 601. The molecule has 16 heavy (non-hydrogen) atoms. The van der Waals surface area contributed by atoms with Crippen LogP contribution >= 0.6 is 11.3 Å². The second kappa shape index (κ2) is 3.35. The van der Waals surface area contributed by atoms with Crippen LogP contribution < -0.4 is 5.73 Å². The highest BCUT2D eigenvalue weighted by Crippen LogP contribution is 2.29. The van der Waals surface area contributed by atoms with Gasteiger partial charge < -0.3 is 10.7 Å². The first-order chi connectivity index (χ1) is 7.74. The van der Waals surface area contributed by atoms with Crippen LogP contribution in [0.3, 0.4) is 0 Å². The Morgan fingerprint density at radius 3 is 2.88 bits per heavy atom. The lowest BCUT2D eigenvalue weighted by Crippen LogP contribution is -1.88. The minimum atomic E-state index is -0.371. The zero-order chi connectivity index (χ0) is 11.1. The van der Waals surface area contributed by atoms with Gasteiger partial charge in [0.25, 0.3) is 0 Å². The molecule has 2 aromatic heterocycles. The van der Waals surface area contributed by atoms with E-state index in [0.29, 0.717) is 0 Å². The number of halogens is 1. The number of rotatable bonds is 1. The molecule has 80 valence electrons. The van der Waals surface area contributed by atoms with E-state index in [1.165, 1.54) is 6.07 Å². The predicted molar refractivity (Wildman–Crippen MR) is 66.0 cm³/mol. The van der Waals surface area contributed by atoms with Crippen molar-refractivity contribution >= 4 is 27.9 Å². The highest BCUT2D eigenvalue weighted by molar-refractivity contribution is 7.13. The standard InChI is InChI=1S/C12H9FN2S/c13-8-4-7-5-11(12-2-1-3-16-12)15-10(7)6-9(8)14/h1-6,15H,14H2. The first-order valence-corrected chi connectivity index (χ1v) is 5.73. The fraction of sp³-hybridized carbons (Fsp3) is 0. The predicted octanol–water partition coefficient (Wildman–Crippen LogP) is 3.62. The maximum absolute atomic E-state index is 13.3. The summed E-state index contributed by atoms with van der Waals surface area (Å²) in [5, 5.41) is 2.85. The Morgan fingerprint density at radius 1 is 1.25 bits per heavy atom. The normalized spacial score (nSPS) is 11.1. The smallest absolute Gasteiger partial charge is 0.146 e. The number of H-pyrrole nitrogens is 1. The molecule has 0 aliphatic carbocycles. The number of aromatic amines is 1. The Kier molecular flexibility index (Phi) is 1.97. The fourth-order valence-corrected chi connectivity index (χ4v) is 2.43. The van der Waals surface area contributed by atoms with E-state index in [1.54, 1.807) is 17.4 Å². The lowest BCUT2D eigenvalue weighted by molar-refractivity contribution is 0.634. The molecule has 2 heterocycles. The van der Waals surface area contributed by atoms with Crippen LogP contribution in [-0.2, 0) is 0 Å². The molecular formula is C12H9FN2S. The molecule has 0 spiro atoms. The van der Waals surface area contributed by atoms with Crippen LogP contribution in [0.4, 0.5) is 10.1 Å². The zero-order valence-corrected chi connectivity index (χ0v) is 9.14. The molecule has 2 nitrogen and oxygen atoms in total. The van der Waals surface area contributed by atoms with E-state index in [-0.39, 0.29) is 11.5 Å². The van der Waals surface area contributed by atoms with Gasteiger partial charge in [-0.05, 0) is 29.6 Å². The largest absolute Gasteiger partial charge is 0.396 e. The van der Waals surface area contributed by atoms with Crippen LogP contribution in [0.25, 0.3) is 21.5 Å². The number of aromatic nitrogens is 1. The van der Waals surface area contributed by atoms with Crippen LogP contribution in [0.15, 0.2) is 35.7 Å². The Hall–Kier alpha value is -1.81. The Morgan fingerprint density at radius 2 is 2.12 bits per heavy atom. The van der Waals surface area contributed by atoms with Gasteiger partial charge in [0, 0.05) is 10.9 Å². The molecule has 0 bridgehead atoms. The zero-order valence-electron chi connectivity index (χ0n) is 8.33. The number of benzene rings is 1. The maximum Gasteiger partial charge on any atom is 0.146 e. The van der Waals surface area contributed by atoms with Crippen molar-refractivity contribution in [1.29, 1.82) is 0 Å². The van der Waals surface area contributed by atoms with Gasteiger partial charge in [0.05, 0.1) is 16.3 Å². The third kappa shape index (κ3) is 1.39. The van der Waals surface area contributed by atoms with Crippen LogP contribution in [0, 0.1) is 5.82 Å². The lowest BCUT2D eigenvalue weighted by Gasteiger charge is -1.95. The summed E-state index contributed by atoms with van der Waals surface area (Å²) in [5.74, 6) is -0.371. The van der Waals surface area contributed by atoms with Crippen LogP contribution in [-0.4, -0.2) is 4.98 Å². The van der Waals surface area contributed by atoms with Crippen molar-refractivity contribution in [3.8, 4) is 10.6 Å².